The van der Waals surface area contributed by atoms with Crippen LogP contribution in [0.1, 0.15) is 38.2 Å². The number of carbonyl (C=O) groups is 1. The molecule has 1 saturated carbocycles. The minimum absolute atomic E-state index is 0.0718. The molecular weight excluding hydrogens is 338 g/mol. The molecule has 1 aromatic rings. The molecule has 1 amide bonds. The number of rotatable bonds is 4. The largest absolute Gasteiger partial charge is 0.349 e. The van der Waals surface area contributed by atoms with Crippen LogP contribution in [0.3, 0.4) is 0 Å². The zero-order valence-electron chi connectivity index (χ0n) is 11.8. The highest BCUT2D eigenvalue weighted by atomic mass is 79.9. The molecule has 1 aromatic carbocycles. The van der Waals surface area contributed by atoms with Crippen molar-refractivity contribution in [3.8, 4) is 0 Å². The van der Waals surface area contributed by atoms with Gasteiger partial charge in [-0.1, -0.05) is 35.0 Å². The molecule has 0 spiro atoms. The van der Waals surface area contributed by atoms with Gasteiger partial charge in [0, 0.05) is 10.4 Å². The molecule has 0 radical (unpaired) electrons. The molecule has 0 unspecified atom stereocenters. The number of alkyl halides is 1. The summed E-state index contributed by atoms with van der Waals surface area (Å²) in [5, 5.41) is 3.18. The second kappa shape index (κ2) is 6.95. The van der Waals surface area contributed by atoms with Crippen LogP contribution in [0.2, 0.25) is 0 Å². The molecule has 0 saturated heterocycles. The summed E-state index contributed by atoms with van der Waals surface area (Å²) >= 11 is 9.53. The molecular formula is C16H21BrClNO. The van der Waals surface area contributed by atoms with E-state index in [-0.39, 0.29) is 11.4 Å². The van der Waals surface area contributed by atoms with Crippen molar-refractivity contribution in [2.45, 2.75) is 44.6 Å². The Morgan fingerprint density at radius 2 is 1.95 bits per heavy atom. The van der Waals surface area contributed by atoms with E-state index in [0.717, 1.165) is 41.6 Å². The number of halogens is 2. The van der Waals surface area contributed by atoms with Crippen molar-refractivity contribution in [3.05, 3.63) is 34.3 Å². The smallest absolute Gasteiger partial charge is 0.224 e. The molecule has 4 heteroatoms. The lowest BCUT2D eigenvalue weighted by atomic mass is 9.78. The molecule has 2 rings (SSSR count). The first-order valence-corrected chi connectivity index (χ1v) is 8.47. The molecule has 1 N–H and O–H groups in total. The van der Waals surface area contributed by atoms with Gasteiger partial charge in [-0.25, -0.2) is 0 Å². The number of hydrogen-bond donors (Lipinski definition) is 1. The molecule has 0 heterocycles. The highest BCUT2D eigenvalue weighted by molar-refractivity contribution is 9.10. The van der Waals surface area contributed by atoms with Gasteiger partial charge in [-0.2, -0.15) is 0 Å². The number of carbonyl (C=O) groups excluding carboxylic acids is 1. The van der Waals surface area contributed by atoms with Gasteiger partial charge in [0.2, 0.25) is 5.91 Å². The third kappa shape index (κ3) is 4.23. The van der Waals surface area contributed by atoms with Gasteiger partial charge in [-0.3, -0.25) is 4.79 Å². The lowest BCUT2D eigenvalue weighted by Gasteiger charge is -2.38. The first-order chi connectivity index (χ1) is 9.53. The van der Waals surface area contributed by atoms with Gasteiger partial charge >= 0.3 is 0 Å². The zero-order chi connectivity index (χ0) is 14.6. The van der Waals surface area contributed by atoms with E-state index in [2.05, 4.69) is 28.2 Å². The Kier molecular flexibility index (Phi) is 5.50. The van der Waals surface area contributed by atoms with E-state index in [9.17, 15) is 4.79 Å². The maximum atomic E-state index is 12.2. The first-order valence-electron chi connectivity index (χ1n) is 7.14. The molecule has 2 nitrogen and oxygen atoms in total. The normalized spacial score (nSPS) is 26.2. The summed E-state index contributed by atoms with van der Waals surface area (Å²) in [7, 11) is 0. The van der Waals surface area contributed by atoms with E-state index in [1.54, 1.807) is 0 Å². The average Bonchev–Trinajstić information content (AvgIpc) is 2.44. The van der Waals surface area contributed by atoms with Crippen LogP contribution in [0.5, 0.6) is 0 Å². The Labute approximate surface area is 134 Å². The van der Waals surface area contributed by atoms with E-state index < -0.39 is 0 Å². The minimum Gasteiger partial charge on any atom is -0.349 e. The molecule has 0 atom stereocenters. The van der Waals surface area contributed by atoms with Crippen molar-refractivity contribution in [1.29, 1.82) is 0 Å². The molecule has 0 bridgehead atoms. The van der Waals surface area contributed by atoms with Gasteiger partial charge in [0.05, 0.1) is 12.0 Å². The summed E-state index contributed by atoms with van der Waals surface area (Å²) in [5.74, 6) is 1.32. The highest BCUT2D eigenvalue weighted by Crippen LogP contribution is 2.32. The number of nitrogens with one attached hydrogen (secondary N) is 1. The van der Waals surface area contributed by atoms with Crippen molar-refractivity contribution < 1.29 is 4.79 Å². The van der Waals surface area contributed by atoms with Gasteiger partial charge in [-0.05, 0) is 49.3 Å². The van der Waals surface area contributed by atoms with Crippen LogP contribution >= 0.6 is 27.5 Å². The Morgan fingerprint density at radius 3 is 2.50 bits per heavy atom. The first kappa shape index (κ1) is 15.8. The van der Waals surface area contributed by atoms with E-state index in [1.807, 2.05) is 24.3 Å². The standard InChI is InChI=1S/C16H21BrClNO/c1-12-6-8-16(11-18,9-7-12)19-15(20)10-13-2-4-14(17)5-3-13/h2-5,12H,6-11H2,1H3,(H,19,20). The van der Waals surface area contributed by atoms with Crippen LogP contribution in [0.15, 0.2) is 28.7 Å². The summed E-state index contributed by atoms with van der Waals surface area (Å²) in [6, 6.07) is 7.87. The second-order valence-electron chi connectivity index (χ2n) is 5.95. The zero-order valence-corrected chi connectivity index (χ0v) is 14.1. The van der Waals surface area contributed by atoms with Gasteiger partial charge in [-0.15, -0.1) is 11.6 Å². The van der Waals surface area contributed by atoms with E-state index >= 15 is 0 Å². The number of benzene rings is 1. The number of amides is 1. The molecule has 0 aromatic heterocycles. The van der Waals surface area contributed by atoms with Crippen LogP contribution < -0.4 is 5.32 Å². The average molecular weight is 359 g/mol. The molecule has 110 valence electrons. The van der Waals surface area contributed by atoms with Gasteiger partial charge in [0.15, 0.2) is 0 Å². The highest BCUT2D eigenvalue weighted by Gasteiger charge is 2.34. The van der Waals surface area contributed by atoms with E-state index in [4.69, 9.17) is 11.6 Å². The summed E-state index contributed by atoms with van der Waals surface area (Å²) in [5.41, 5.74) is 0.833. The molecule has 1 aliphatic carbocycles. The van der Waals surface area contributed by atoms with Crippen LogP contribution in [-0.4, -0.2) is 17.3 Å². The van der Waals surface area contributed by atoms with Crippen LogP contribution in [0.4, 0.5) is 0 Å². The number of hydrogen-bond acceptors (Lipinski definition) is 1. The minimum atomic E-state index is -0.194. The van der Waals surface area contributed by atoms with E-state index in [0.29, 0.717) is 12.3 Å². The van der Waals surface area contributed by atoms with Crippen molar-refractivity contribution in [2.24, 2.45) is 5.92 Å². The fourth-order valence-electron chi connectivity index (χ4n) is 2.73. The van der Waals surface area contributed by atoms with E-state index in [1.165, 1.54) is 0 Å². The second-order valence-corrected chi connectivity index (χ2v) is 7.13. The fraction of sp³-hybridized carbons (Fsp3) is 0.562. The van der Waals surface area contributed by atoms with Crippen LogP contribution in [-0.2, 0) is 11.2 Å². The van der Waals surface area contributed by atoms with Crippen molar-refractivity contribution in [2.75, 3.05) is 5.88 Å². The predicted octanol–water partition coefficient (Wildman–Crippen LogP) is 4.30. The Balaban J connectivity index is 1.94. The van der Waals surface area contributed by atoms with Crippen molar-refractivity contribution in [1.82, 2.24) is 5.32 Å². The monoisotopic (exact) mass is 357 g/mol. The summed E-state index contributed by atoms with van der Waals surface area (Å²) in [4.78, 5) is 12.2. The Bertz CT molecular complexity index is 452. The maximum Gasteiger partial charge on any atom is 0.224 e. The third-order valence-corrected chi connectivity index (χ3v) is 5.21. The quantitative estimate of drug-likeness (QED) is 0.799. The molecule has 20 heavy (non-hydrogen) atoms. The molecule has 0 aliphatic heterocycles. The topological polar surface area (TPSA) is 29.1 Å². The predicted molar refractivity (Wildman–Crippen MR) is 87.1 cm³/mol. The summed E-state index contributed by atoms with van der Waals surface area (Å²) in [6.45, 7) is 2.27. The van der Waals surface area contributed by atoms with Gasteiger partial charge in [0.1, 0.15) is 0 Å². The molecule has 1 aliphatic rings. The van der Waals surface area contributed by atoms with Crippen molar-refractivity contribution in [3.63, 3.8) is 0 Å². The molecule has 1 fully saturated rings. The SMILES string of the molecule is CC1CCC(CCl)(NC(=O)Cc2ccc(Br)cc2)CC1. The van der Waals surface area contributed by atoms with Gasteiger partial charge < -0.3 is 5.32 Å². The summed E-state index contributed by atoms with van der Waals surface area (Å²) in [6.07, 6.45) is 4.69. The Morgan fingerprint density at radius 1 is 1.35 bits per heavy atom. The third-order valence-electron chi connectivity index (χ3n) is 4.17. The summed E-state index contributed by atoms with van der Waals surface area (Å²) < 4.78 is 1.03. The van der Waals surface area contributed by atoms with Crippen LogP contribution in [0.25, 0.3) is 0 Å². The maximum absolute atomic E-state index is 12.2. The lowest BCUT2D eigenvalue weighted by Crippen LogP contribution is -2.52. The van der Waals surface area contributed by atoms with Crippen LogP contribution in [0, 0.1) is 5.92 Å². The van der Waals surface area contributed by atoms with Crippen molar-refractivity contribution >= 4 is 33.4 Å². The lowest BCUT2D eigenvalue weighted by molar-refractivity contribution is -0.122. The van der Waals surface area contributed by atoms with Gasteiger partial charge in [0.25, 0.3) is 0 Å². The fourth-order valence-corrected chi connectivity index (χ4v) is 3.33. The Hall–Kier alpha value is -0.540.